The number of hydrazine groups is 1. The lowest BCUT2D eigenvalue weighted by Gasteiger charge is -2.17. The highest BCUT2D eigenvalue weighted by atomic mass is 33.1. The maximum atomic E-state index is 12.8. The number of hydrogen-bond acceptors (Lipinski definition) is 16. The van der Waals surface area contributed by atoms with E-state index in [1.54, 1.807) is 6.07 Å². The van der Waals surface area contributed by atoms with Crippen molar-refractivity contribution < 1.29 is 65.4 Å². The van der Waals surface area contributed by atoms with Gasteiger partial charge in [0.15, 0.2) is 15.6 Å². The first-order valence-corrected chi connectivity index (χ1v) is 23.0. The highest BCUT2D eigenvalue weighted by molar-refractivity contribution is 8.70. The van der Waals surface area contributed by atoms with Crippen molar-refractivity contribution in [2.75, 3.05) is 22.4 Å². The minimum atomic E-state index is -5.31. The summed E-state index contributed by atoms with van der Waals surface area (Å²) in [4.78, 5) is -3.01. The Labute approximate surface area is 305 Å². The number of nitrogens with one attached hydrogen (secondary N) is 2. The molecule has 0 heterocycles. The Bertz CT molecular complexity index is 2900. The van der Waals surface area contributed by atoms with E-state index in [1.807, 2.05) is 0 Å². The van der Waals surface area contributed by atoms with E-state index < -0.39 is 109 Å². The highest BCUT2D eigenvalue weighted by Crippen LogP contribution is 2.46. The number of fused-ring (bicyclic) bond motifs is 2. The van der Waals surface area contributed by atoms with Gasteiger partial charge < -0.3 is 16.0 Å². The van der Waals surface area contributed by atoms with Gasteiger partial charge in [0.2, 0.25) is 0 Å². The van der Waals surface area contributed by atoms with Crippen LogP contribution >= 0.6 is 10.8 Å². The van der Waals surface area contributed by atoms with Crippen LogP contribution in [0.1, 0.15) is 0 Å². The number of phenolic OH excluding ortho intramolecular Hbond substituents is 1. The van der Waals surface area contributed by atoms with Crippen LogP contribution in [0, 0.1) is 0 Å². The fourth-order valence-electron chi connectivity index (χ4n) is 4.96. The Morgan fingerprint density at radius 2 is 1.34 bits per heavy atom. The maximum absolute atomic E-state index is 12.8. The summed E-state index contributed by atoms with van der Waals surface area (Å²) in [6.07, 6.45) is 0. The Kier molecular flexibility index (Phi) is 10.8. The quantitative estimate of drug-likeness (QED) is 0.0368. The Balaban J connectivity index is 1.64. The Morgan fingerprint density at radius 3 is 1.98 bits per heavy atom. The fourth-order valence-corrected chi connectivity index (χ4v) is 10.4. The molecule has 0 saturated heterocycles. The first-order valence-electron chi connectivity index (χ1n) is 14.1. The molecule has 0 aliphatic rings. The number of rotatable bonds is 13. The second-order valence-electron chi connectivity index (χ2n) is 10.7. The minimum Gasteiger partial charge on any atom is -0.505 e. The van der Waals surface area contributed by atoms with E-state index in [0.717, 1.165) is 24.3 Å². The van der Waals surface area contributed by atoms with E-state index >= 15 is 0 Å². The highest BCUT2D eigenvalue weighted by Gasteiger charge is 2.27. The lowest BCUT2D eigenvalue weighted by Crippen LogP contribution is -2.13. The van der Waals surface area contributed by atoms with E-state index in [0.29, 0.717) is 11.5 Å². The van der Waals surface area contributed by atoms with E-state index in [9.17, 15) is 60.9 Å². The molecule has 25 heteroatoms. The van der Waals surface area contributed by atoms with E-state index in [-0.39, 0.29) is 26.8 Å². The predicted octanol–water partition coefficient (Wildman–Crippen LogP) is 4.60. The van der Waals surface area contributed by atoms with Crippen molar-refractivity contribution in [1.29, 1.82) is 0 Å². The third-order valence-corrected chi connectivity index (χ3v) is 13.9. The zero-order valence-corrected chi connectivity index (χ0v) is 31.0. The summed E-state index contributed by atoms with van der Waals surface area (Å²) in [6.45, 7) is 0. The number of nitrogens with zero attached hydrogens (tertiary/aromatic N) is 2. The van der Waals surface area contributed by atoms with Crippen LogP contribution in [0.5, 0.6) is 5.75 Å². The van der Waals surface area contributed by atoms with Gasteiger partial charge in [-0.15, -0.1) is 10.2 Å². The van der Waals surface area contributed by atoms with Gasteiger partial charge in [-0.2, -0.15) is 33.7 Å². The molecule has 0 bridgehead atoms. The smallest absolute Gasteiger partial charge is 0.319 e. The monoisotopic (exact) mass is 848 g/mol. The third kappa shape index (κ3) is 9.21. The molecule has 5 rings (SSSR count). The molecule has 0 fully saturated rings. The molecule has 0 radical (unpaired) electrons. The van der Waals surface area contributed by atoms with Crippen molar-refractivity contribution in [2.45, 2.75) is 19.6 Å². The third-order valence-electron chi connectivity index (χ3n) is 7.19. The van der Waals surface area contributed by atoms with Gasteiger partial charge in [-0.3, -0.25) is 18.2 Å². The SMILES string of the molecule is O=S(=O)(O)SCCS(=O)(=O)c1cccc(NNc2cc(S(=O)(=O)O)cc3cc(S(=O)(=O)O)c(/N=N/c4ccc5ccccc5c4S(=O)(=O)O)c(O)c23)c1. The Morgan fingerprint density at radius 1 is 0.642 bits per heavy atom. The molecule has 0 aliphatic heterocycles. The average Bonchev–Trinajstić information content (AvgIpc) is 3.04. The number of hydrogen-bond donors (Lipinski definition) is 7. The van der Waals surface area contributed by atoms with Crippen LogP contribution in [0.2, 0.25) is 0 Å². The van der Waals surface area contributed by atoms with Crippen molar-refractivity contribution in [3.63, 3.8) is 0 Å². The molecule has 282 valence electrons. The van der Waals surface area contributed by atoms with E-state index in [1.165, 1.54) is 42.5 Å². The number of anilines is 2. The van der Waals surface area contributed by atoms with Crippen LogP contribution in [-0.2, 0) is 49.3 Å². The molecule has 7 N–H and O–H groups in total. The second kappa shape index (κ2) is 14.4. The first-order chi connectivity index (χ1) is 24.5. The van der Waals surface area contributed by atoms with Crippen LogP contribution in [-0.4, -0.2) is 76.9 Å². The van der Waals surface area contributed by atoms with Crippen molar-refractivity contribution in [2.24, 2.45) is 10.2 Å². The molecular formula is C28H24N4O15S6. The number of sulfone groups is 1. The van der Waals surface area contributed by atoms with E-state index in [4.69, 9.17) is 4.55 Å². The first kappa shape index (κ1) is 39.8. The van der Waals surface area contributed by atoms with Gasteiger partial charge in [-0.25, -0.2) is 8.42 Å². The summed E-state index contributed by atoms with van der Waals surface area (Å²) in [5, 5.41) is 18.4. The van der Waals surface area contributed by atoms with Crippen LogP contribution < -0.4 is 10.9 Å². The van der Waals surface area contributed by atoms with Gasteiger partial charge in [0, 0.05) is 11.1 Å². The molecule has 5 aromatic rings. The molecule has 0 saturated carbocycles. The van der Waals surface area contributed by atoms with Crippen molar-refractivity contribution in [3.05, 3.63) is 78.9 Å². The standard InChI is InChI=1S/C28H24N4O15S6/c33-27-25-17(13-24(51(39,40)41)26(27)32-30-22-9-8-16-4-1-2-7-21(16)28(22)52(42,43)44)12-20(50(36,37)38)15-23(25)31-29-18-5-3-6-19(14-18)49(34,35)11-10-48-53(45,46)47/h1-9,12-15,29,31,33H,10-11H2,(H,36,37,38)(H,39,40,41)(H,42,43,44)(H,45,46,47)/b32-30+. The van der Waals surface area contributed by atoms with Crippen LogP contribution in [0.25, 0.3) is 21.5 Å². The minimum absolute atomic E-state index is 0.00207. The number of phenols is 1. The van der Waals surface area contributed by atoms with Gasteiger partial charge >= 0.3 is 9.15 Å². The maximum Gasteiger partial charge on any atom is 0.319 e. The second-order valence-corrected chi connectivity index (χ2v) is 20.5. The van der Waals surface area contributed by atoms with Gasteiger partial charge in [-0.05, 0) is 64.0 Å². The normalized spacial score (nSPS) is 13.1. The largest absolute Gasteiger partial charge is 0.505 e. The van der Waals surface area contributed by atoms with Gasteiger partial charge in [0.05, 0.1) is 32.3 Å². The van der Waals surface area contributed by atoms with Crippen molar-refractivity contribution in [1.82, 2.24) is 0 Å². The summed E-state index contributed by atoms with van der Waals surface area (Å²) in [5.41, 5.74) is 3.16. The molecule has 0 spiro atoms. The van der Waals surface area contributed by atoms with Crippen molar-refractivity contribution in [3.8, 4) is 5.75 Å². The molecule has 0 atom stereocenters. The molecule has 53 heavy (non-hydrogen) atoms. The van der Waals surface area contributed by atoms with Crippen LogP contribution in [0.15, 0.2) is 109 Å². The molecule has 0 aliphatic carbocycles. The van der Waals surface area contributed by atoms with Gasteiger partial charge in [-0.1, -0.05) is 36.4 Å². The number of azo groups is 1. The molecule has 0 aromatic heterocycles. The summed E-state index contributed by atoms with van der Waals surface area (Å²) >= 11 is 0. The zero-order chi connectivity index (χ0) is 39.1. The number of benzene rings is 5. The summed E-state index contributed by atoms with van der Waals surface area (Å²) in [5.74, 6) is -2.28. The predicted molar refractivity (Wildman–Crippen MR) is 193 cm³/mol. The molecular weight excluding hydrogens is 825 g/mol. The number of aromatic hydroxyl groups is 1. The summed E-state index contributed by atoms with van der Waals surface area (Å²) < 4.78 is 160. The molecule has 0 unspecified atom stereocenters. The van der Waals surface area contributed by atoms with Crippen molar-refractivity contribution >= 4 is 104 Å². The lowest BCUT2D eigenvalue weighted by molar-refractivity contribution is 0.472. The van der Waals surface area contributed by atoms with Gasteiger partial charge in [0.1, 0.15) is 21.2 Å². The lowest BCUT2D eigenvalue weighted by atomic mass is 10.1. The topological polar surface area (TPSA) is 321 Å². The average molecular weight is 849 g/mol. The zero-order valence-electron chi connectivity index (χ0n) is 26.1. The van der Waals surface area contributed by atoms with Gasteiger partial charge in [0.25, 0.3) is 30.4 Å². The summed E-state index contributed by atoms with van der Waals surface area (Å²) in [6, 6.07) is 15.5. The Hall–Kier alpha value is -4.44. The van der Waals surface area contributed by atoms with Crippen LogP contribution in [0.3, 0.4) is 0 Å². The molecule has 19 nitrogen and oxygen atoms in total. The summed E-state index contributed by atoms with van der Waals surface area (Å²) in [7, 11) is -23.9. The fraction of sp³-hybridized carbons (Fsp3) is 0.0714. The van der Waals surface area contributed by atoms with E-state index in [2.05, 4.69) is 21.1 Å². The molecule has 0 amide bonds. The van der Waals surface area contributed by atoms with Crippen LogP contribution in [0.4, 0.5) is 22.7 Å². The molecule has 5 aromatic carbocycles.